The van der Waals surface area contributed by atoms with Gasteiger partial charge in [0.05, 0.1) is 24.0 Å². The first kappa shape index (κ1) is 25.0. The lowest BCUT2D eigenvalue weighted by atomic mass is 9.92. The van der Waals surface area contributed by atoms with Crippen LogP contribution in [0.3, 0.4) is 0 Å². The highest BCUT2D eigenvalue weighted by molar-refractivity contribution is 5.77. The summed E-state index contributed by atoms with van der Waals surface area (Å²) < 4.78 is 22.3. The Morgan fingerprint density at radius 3 is 2.66 bits per heavy atom. The van der Waals surface area contributed by atoms with Crippen molar-refractivity contribution in [3.8, 4) is 5.75 Å². The minimum Gasteiger partial charge on any atom is -0.492 e. The average Bonchev–Trinajstić information content (AvgIpc) is 3.04. The minimum atomic E-state index is -0.173. The zero-order chi connectivity index (χ0) is 24.4. The first-order chi connectivity index (χ1) is 17.1. The second-order valence-electron chi connectivity index (χ2n) is 10.9. The molecule has 1 aromatic carbocycles. The number of anilines is 1. The van der Waals surface area contributed by atoms with E-state index in [-0.39, 0.29) is 18.3 Å². The van der Waals surface area contributed by atoms with Gasteiger partial charge in [0, 0.05) is 36.5 Å². The number of nitrogens with zero attached hydrogens (tertiary/aromatic N) is 1. The fraction of sp³-hybridized carbons (Fsp3) is 0.714. The third kappa shape index (κ3) is 5.10. The summed E-state index contributed by atoms with van der Waals surface area (Å²) in [4.78, 5) is 2.61. The van der Waals surface area contributed by atoms with Gasteiger partial charge in [-0.15, -0.1) is 0 Å². The molecular weight excluding hydrogens is 441 g/mol. The number of hydrogen-bond acceptors (Lipinski definition) is 6. The van der Waals surface area contributed by atoms with E-state index in [9.17, 15) is 0 Å². The van der Waals surface area contributed by atoms with Gasteiger partial charge in [0.15, 0.2) is 5.82 Å². The summed E-state index contributed by atoms with van der Waals surface area (Å²) in [6.45, 7) is 7.03. The maximum absolute atomic E-state index is 16.3. The van der Waals surface area contributed by atoms with Gasteiger partial charge >= 0.3 is 0 Å². The van der Waals surface area contributed by atoms with Gasteiger partial charge in [0.1, 0.15) is 12.0 Å². The number of benzene rings is 1. The minimum absolute atomic E-state index is 0.130. The van der Waals surface area contributed by atoms with E-state index < -0.39 is 0 Å². The molecule has 7 heteroatoms. The van der Waals surface area contributed by atoms with Gasteiger partial charge in [-0.05, 0) is 57.8 Å². The molecule has 3 heterocycles. The van der Waals surface area contributed by atoms with Crippen LogP contribution in [-0.4, -0.2) is 56.2 Å². The van der Waals surface area contributed by atoms with Crippen molar-refractivity contribution >= 4 is 11.3 Å². The molecule has 4 N–H and O–H groups in total. The van der Waals surface area contributed by atoms with Gasteiger partial charge in [0.2, 0.25) is 0 Å². The Kier molecular flexibility index (Phi) is 7.97. The lowest BCUT2D eigenvalue weighted by molar-refractivity contribution is -0.0166. The molecule has 1 saturated heterocycles. The monoisotopic (exact) mass is 485 g/mol. The van der Waals surface area contributed by atoms with Gasteiger partial charge in [-0.2, -0.15) is 0 Å². The largest absolute Gasteiger partial charge is 0.492 e. The van der Waals surface area contributed by atoms with E-state index in [1.165, 1.54) is 38.5 Å². The number of halogens is 1. The Morgan fingerprint density at radius 2 is 1.89 bits per heavy atom. The second-order valence-corrected chi connectivity index (χ2v) is 10.9. The van der Waals surface area contributed by atoms with Crippen LogP contribution in [-0.2, 0) is 6.42 Å². The molecule has 2 fully saturated rings. The van der Waals surface area contributed by atoms with Crippen molar-refractivity contribution in [1.82, 2.24) is 20.9 Å². The van der Waals surface area contributed by atoms with Gasteiger partial charge in [-0.25, -0.2) is 4.39 Å². The van der Waals surface area contributed by atoms with E-state index in [0.717, 1.165) is 49.2 Å². The van der Waals surface area contributed by atoms with E-state index in [0.29, 0.717) is 35.9 Å². The van der Waals surface area contributed by atoms with Crippen molar-refractivity contribution in [2.24, 2.45) is 5.92 Å². The average molecular weight is 486 g/mol. The Hall–Kier alpha value is -1.67. The highest BCUT2D eigenvalue weighted by Crippen LogP contribution is 2.42. The Morgan fingerprint density at radius 1 is 1.09 bits per heavy atom. The van der Waals surface area contributed by atoms with Crippen LogP contribution in [0, 0.1) is 11.7 Å². The fourth-order valence-electron chi connectivity index (χ4n) is 6.64. The Balaban J connectivity index is 1.50. The molecular formula is C28H44FN5O. The zero-order valence-corrected chi connectivity index (χ0v) is 21.8. The van der Waals surface area contributed by atoms with Crippen molar-refractivity contribution in [3.63, 3.8) is 0 Å². The quantitative estimate of drug-likeness (QED) is 0.463. The van der Waals surface area contributed by atoms with Crippen LogP contribution in [0.15, 0.2) is 12.1 Å². The molecule has 6 nitrogen and oxygen atoms in total. The van der Waals surface area contributed by atoms with Crippen LogP contribution in [0.5, 0.6) is 5.75 Å². The topological polar surface area (TPSA) is 60.6 Å². The third-order valence-electron chi connectivity index (χ3n) is 8.77. The normalized spacial score (nSPS) is 30.7. The lowest BCUT2D eigenvalue weighted by Gasteiger charge is -2.52. The first-order valence-electron chi connectivity index (χ1n) is 13.9. The molecule has 4 aliphatic rings. The highest BCUT2D eigenvalue weighted by atomic mass is 19.1. The van der Waals surface area contributed by atoms with Crippen molar-refractivity contribution in [3.05, 3.63) is 29.1 Å². The molecule has 4 atom stereocenters. The van der Waals surface area contributed by atoms with Crippen LogP contribution in [0.2, 0.25) is 0 Å². The maximum Gasteiger partial charge on any atom is 0.157 e. The summed E-state index contributed by atoms with van der Waals surface area (Å²) in [5.41, 5.74) is 3.46. The van der Waals surface area contributed by atoms with Crippen molar-refractivity contribution < 1.29 is 9.13 Å². The predicted octanol–water partition coefficient (Wildman–Crippen LogP) is 4.42. The predicted molar refractivity (Wildman–Crippen MR) is 141 cm³/mol. The number of fused-ring (bicyclic) bond motifs is 1. The molecule has 5 rings (SSSR count). The summed E-state index contributed by atoms with van der Waals surface area (Å²) in [5, 5.41) is 14.3. The van der Waals surface area contributed by atoms with E-state index >= 15 is 4.39 Å². The van der Waals surface area contributed by atoms with Crippen molar-refractivity contribution in [2.45, 2.75) is 96.2 Å². The van der Waals surface area contributed by atoms with Crippen LogP contribution in [0.1, 0.15) is 76.3 Å². The summed E-state index contributed by atoms with van der Waals surface area (Å²) in [5.74, 6) is 1.03. The number of rotatable bonds is 5. The Labute approximate surface area is 210 Å². The van der Waals surface area contributed by atoms with E-state index in [2.05, 4.69) is 46.1 Å². The number of allylic oxidation sites excluding steroid dienone is 1. The van der Waals surface area contributed by atoms with E-state index in [4.69, 9.17) is 4.74 Å². The molecule has 1 aliphatic carbocycles. The highest BCUT2D eigenvalue weighted by Gasteiger charge is 2.41. The molecule has 1 saturated carbocycles. The number of nitrogens with one attached hydrogen (secondary N) is 4. The second kappa shape index (κ2) is 11.2. The standard InChI is InChI=1S/C28H44FN5O/c1-18-19(2)34(22-10-6-4-5-7-11-22)28(33-27(18)30-3)32-23-17-21-13-16-35-26(21)24(25(23)29)20-9-8-14-31-15-12-20/h12,17-19,22,27-28,30-33H,4-11,13-16H2,1-3H3. The van der Waals surface area contributed by atoms with Gasteiger partial charge in [-0.1, -0.05) is 38.7 Å². The van der Waals surface area contributed by atoms with E-state index in [1.807, 2.05) is 13.1 Å². The number of hydrogen-bond donors (Lipinski definition) is 4. The summed E-state index contributed by atoms with van der Waals surface area (Å²) in [7, 11) is 2.01. The van der Waals surface area contributed by atoms with E-state index in [1.54, 1.807) is 0 Å². The SMILES string of the molecule is CNC1NC(Nc2cc3c(c(C4=CCNCCC4)c2F)OCC3)N(C2CCCCCC2)C(C)C1C. The lowest BCUT2D eigenvalue weighted by Crippen LogP contribution is -2.70. The van der Waals surface area contributed by atoms with Gasteiger partial charge in [0.25, 0.3) is 0 Å². The molecule has 1 aromatic rings. The smallest absolute Gasteiger partial charge is 0.157 e. The molecule has 0 radical (unpaired) electrons. The first-order valence-corrected chi connectivity index (χ1v) is 13.9. The fourth-order valence-corrected chi connectivity index (χ4v) is 6.64. The van der Waals surface area contributed by atoms with Crippen LogP contribution >= 0.6 is 0 Å². The summed E-state index contributed by atoms with van der Waals surface area (Å²) in [6.07, 6.45) is 12.5. The summed E-state index contributed by atoms with van der Waals surface area (Å²) >= 11 is 0. The van der Waals surface area contributed by atoms with Gasteiger partial charge in [-0.3, -0.25) is 10.2 Å². The number of ether oxygens (including phenoxy) is 1. The molecule has 35 heavy (non-hydrogen) atoms. The molecule has 3 aliphatic heterocycles. The molecule has 194 valence electrons. The molecule has 0 spiro atoms. The maximum atomic E-state index is 16.3. The third-order valence-corrected chi connectivity index (χ3v) is 8.77. The molecule has 0 amide bonds. The zero-order valence-electron chi connectivity index (χ0n) is 21.8. The van der Waals surface area contributed by atoms with Gasteiger partial charge < -0.3 is 20.7 Å². The molecule has 0 bridgehead atoms. The summed E-state index contributed by atoms with van der Waals surface area (Å²) in [6, 6.07) is 2.89. The van der Waals surface area contributed by atoms with Crippen LogP contribution in [0.4, 0.5) is 10.1 Å². The van der Waals surface area contributed by atoms with Crippen LogP contribution in [0.25, 0.3) is 5.57 Å². The molecule has 0 aromatic heterocycles. The van der Waals surface area contributed by atoms with Crippen LogP contribution < -0.4 is 26.0 Å². The molecule has 4 unspecified atom stereocenters. The Bertz CT molecular complexity index is 913. The van der Waals surface area contributed by atoms with Crippen molar-refractivity contribution in [1.29, 1.82) is 0 Å². The van der Waals surface area contributed by atoms with Crippen molar-refractivity contribution in [2.75, 3.05) is 32.1 Å².